The van der Waals surface area contributed by atoms with Crippen LogP contribution in [0.5, 0.6) is 0 Å². The van der Waals surface area contributed by atoms with Gasteiger partial charge in [-0.1, -0.05) is 6.07 Å². The summed E-state index contributed by atoms with van der Waals surface area (Å²) in [5, 5.41) is 9.03. The summed E-state index contributed by atoms with van der Waals surface area (Å²) in [6, 6.07) is 7.61. The number of amides is 1. The Morgan fingerprint density at radius 1 is 1.23 bits per heavy atom. The molecule has 0 saturated carbocycles. The van der Waals surface area contributed by atoms with Crippen LogP contribution in [-0.2, 0) is 4.79 Å². The van der Waals surface area contributed by atoms with Gasteiger partial charge in [0.05, 0.1) is 5.52 Å². The van der Waals surface area contributed by atoms with Gasteiger partial charge < -0.3 is 16.4 Å². The highest BCUT2D eigenvalue weighted by atomic mass is 16.1. The molecule has 3 aromatic rings. The van der Waals surface area contributed by atoms with Crippen molar-refractivity contribution >= 4 is 39.1 Å². The first-order valence-corrected chi connectivity index (χ1v) is 7.08. The van der Waals surface area contributed by atoms with Crippen LogP contribution in [0.3, 0.4) is 0 Å². The molecule has 3 rings (SSSR count). The van der Waals surface area contributed by atoms with Crippen molar-refractivity contribution in [1.82, 2.24) is 9.97 Å². The Bertz CT molecular complexity index is 846. The Hall–Kier alpha value is -2.73. The SMILES string of the molecule is CC(=O)Nc1ccc2c(c1)nc(NCCN)c1ccncc12. The van der Waals surface area contributed by atoms with Gasteiger partial charge in [-0.2, -0.15) is 0 Å². The number of hydrogen-bond acceptors (Lipinski definition) is 5. The van der Waals surface area contributed by atoms with Crippen LogP contribution in [0.15, 0.2) is 36.7 Å². The van der Waals surface area contributed by atoms with E-state index in [0.29, 0.717) is 13.1 Å². The van der Waals surface area contributed by atoms with E-state index >= 15 is 0 Å². The second-order valence-corrected chi connectivity index (χ2v) is 5.01. The largest absolute Gasteiger partial charge is 0.368 e. The third-order valence-electron chi connectivity index (χ3n) is 3.35. The van der Waals surface area contributed by atoms with Crippen LogP contribution >= 0.6 is 0 Å². The summed E-state index contributed by atoms with van der Waals surface area (Å²) >= 11 is 0. The topological polar surface area (TPSA) is 92.9 Å². The van der Waals surface area contributed by atoms with Crippen LogP contribution in [-0.4, -0.2) is 29.0 Å². The number of carbonyl (C=O) groups excluding carboxylic acids is 1. The highest BCUT2D eigenvalue weighted by Gasteiger charge is 2.09. The summed E-state index contributed by atoms with van der Waals surface area (Å²) in [6.07, 6.45) is 3.57. The lowest BCUT2D eigenvalue weighted by Gasteiger charge is -2.11. The lowest BCUT2D eigenvalue weighted by Crippen LogP contribution is -2.14. The summed E-state index contributed by atoms with van der Waals surface area (Å²) in [5.41, 5.74) is 7.08. The Kier molecular flexibility index (Phi) is 3.84. The molecule has 4 N–H and O–H groups in total. The maximum atomic E-state index is 11.2. The molecule has 0 bridgehead atoms. The number of nitrogens with one attached hydrogen (secondary N) is 2. The van der Waals surface area contributed by atoms with Gasteiger partial charge in [0.1, 0.15) is 5.82 Å². The van der Waals surface area contributed by atoms with Crippen molar-refractivity contribution in [2.75, 3.05) is 23.7 Å². The smallest absolute Gasteiger partial charge is 0.221 e. The van der Waals surface area contributed by atoms with Crippen molar-refractivity contribution in [2.24, 2.45) is 5.73 Å². The first-order valence-electron chi connectivity index (χ1n) is 7.08. The zero-order chi connectivity index (χ0) is 15.5. The Balaban J connectivity index is 2.21. The zero-order valence-electron chi connectivity index (χ0n) is 12.3. The number of anilines is 2. The standard InChI is InChI=1S/C16H17N5O/c1-10(22)20-11-2-3-12-14-9-18-6-4-13(14)16(19-7-5-17)21-15(12)8-11/h2-4,6,8-9H,5,7,17H2,1H3,(H,19,21)(H,20,22). The molecule has 0 aliphatic rings. The minimum Gasteiger partial charge on any atom is -0.368 e. The highest BCUT2D eigenvalue weighted by molar-refractivity contribution is 6.10. The molecule has 22 heavy (non-hydrogen) atoms. The van der Waals surface area contributed by atoms with Gasteiger partial charge in [-0.05, 0) is 18.2 Å². The number of pyridine rings is 2. The van der Waals surface area contributed by atoms with E-state index in [2.05, 4.69) is 20.6 Å². The van der Waals surface area contributed by atoms with Gasteiger partial charge in [0.2, 0.25) is 5.91 Å². The van der Waals surface area contributed by atoms with Crippen LogP contribution in [0, 0.1) is 0 Å². The van der Waals surface area contributed by atoms with Gasteiger partial charge in [-0.3, -0.25) is 9.78 Å². The van der Waals surface area contributed by atoms with E-state index in [1.54, 1.807) is 6.20 Å². The van der Waals surface area contributed by atoms with Crippen molar-refractivity contribution in [2.45, 2.75) is 6.92 Å². The van der Waals surface area contributed by atoms with Crippen molar-refractivity contribution < 1.29 is 4.79 Å². The van der Waals surface area contributed by atoms with Crippen molar-refractivity contribution in [3.05, 3.63) is 36.7 Å². The number of aromatic nitrogens is 2. The molecular formula is C16H17N5O. The fourth-order valence-corrected chi connectivity index (χ4v) is 2.45. The van der Waals surface area contributed by atoms with Gasteiger partial charge in [-0.15, -0.1) is 0 Å². The number of carbonyl (C=O) groups is 1. The van der Waals surface area contributed by atoms with E-state index in [0.717, 1.165) is 33.2 Å². The third kappa shape index (κ3) is 2.68. The molecule has 112 valence electrons. The Labute approximate surface area is 127 Å². The molecule has 0 unspecified atom stereocenters. The van der Waals surface area contributed by atoms with E-state index < -0.39 is 0 Å². The maximum Gasteiger partial charge on any atom is 0.221 e. The van der Waals surface area contributed by atoms with Crippen LogP contribution in [0.2, 0.25) is 0 Å². The molecule has 1 aromatic carbocycles. The Morgan fingerprint density at radius 2 is 2.09 bits per heavy atom. The van der Waals surface area contributed by atoms with E-state index in [1.807, 2.05) is 30.5 Å². The summed E-state index contributed by atoms with van der Waals surface area (Å²) in [5.74, 6) is 0.665. The predicted molar refractivity (Wildman–Crippen MR) is 88.9 cm³/mol. The van der Waals surface area contributed by atoms with Gasteiger partial charge >= 0.3 is 0 Å². The van der Waals surface area contributed by atoms with Crippen molar-refractivity contribution in [3.63, 3.8) is 0 Å². The molecule has 0 radical (unpaired) electrons. The van der Waals surface area contributed by atoms with Crippen LogP contribution in [0.4, 0.5) is 11.5 Å². The zero-order valence-corrected chi connectivity index (χ0v) is 12.3. The minimum absolute atomic E-state index is 0.108. The number of benzene rings is 1. The van der Waals surface area contributed by atoms with E-state index in [4.69, 9.17) is 5.73 Å². The molecule has 0 aliphatic heterocycles. The van der Waals surface area contributed by atoms with E-state index in [-0.39, 0.29) is 5.91 Å². The number of fused-ring (bicyclic) bond motifs is 3. The van der Waals surface area contributed by atoms with Crippen molar-refractivity contribution in [1.29, 1.82) is 0 Å². The number of hydrogen-bond donors (Lipinski definition) is 3. The average Bonchev–Trinajstić information content (AvgIpc) is 2.51. The second kappa shape index (κ2) is 5.95. The molecule has 6 heteroatoms. The van der Waals surface area contributed by atoms with Crippen LogP contribution in [0.25, 0.3) is 21.7 Å². The quantitative estimate of drug-likeness (QED) is 0.641. The molecule has 2 aromatic heterocycles. The normalized spacial score (nSPS) is 10.8. The van der Waals surface area contributed by atoms with Crippen LogP contribution in [0.1, 0.15) is 6.92 Å². The van der Waals surface area contributed by atoms with Gasteiger partial charge in [-0.25, -0.2) is 4.98 Å². The summed E-state index contributed by atoms with van der Waals surface area (Å²) in [7, 11) is 0. The highest BCUT2D eigenvalue weighted by Crippen LogP contribution is 2.30. The van der Waals surface area contributed by atoms with Crippen LogP contribution < -0.4 is 16.4 Å². The first-order chi connectivity index (χ1) is 10.7. The van der Waals surface area contributed by atoms with Gasteiger partial charge in [0.25, 0.3) is 0 Å². The van der Waals surface area contributed by atoms with E-state index in [1.165, 1.54) is 6.92 Å². The lowest BCUT2D eigenvalue weighted by atomic mass is 10.1. The number of nitrogens with two attached hydrogens (primary N) is 1. The monoisotopic (exact) mass is 295 g/mol. The van der Waals surface area contributed by atoms with Crippen molar-refractivity contribution in [3.8, 4) is 0 Å². The molecule has 0 atom stereocenters. The predicted octanol–water partition coefficient (Wildman–Crippen LogP) is 2.11. The minimum atomic E-state index is -0.108. The molecule has 0 spiro atoms. The fraction of sp³-hybridized carbons (Fsp3) is 0.188. The molecule has 6 nitrogen and oxygen atoms in total. The molecule has 0 saturated heterocycles. The molecule has 1 amide bonds. The summed E-state index contributed by atoms with van der Waals surface area (Å²) < 4.78 is 0. The average molecular weight is 295 g/mol. The number of nitrogens with zero attached hydrogens (tertiary/aromatic N) is 2. The first kappa shape index (κ1) is 14.2. The molecule has 2 heterocycles. The third-order valence-corrected chi connectivity index (χ3v) is 3.35. The summed E-state index contributed by atoms with van der Waals surface area (Å²) in [6.45, 7) is 2.65. The molecule has 0 aliphatic carbocycles. The number of rotatable bonds is 4. The van der Waals surface area contributed by atoms with E-state index in [9.17, 15) is 4.79 Å². The maximum absolute atomic E-state index is 11.2. The summed E-state index contributed by atoms with van der Waals surface area (Å²) in [4.78, 5) is 20.1. The molecule has 0 fully saturated rings. The van der Waals surface area contributed by atoms with Gasteiger partial charge in [0, 0.05) is 54.3 Å². The Morgan fingerprint density at radius 3 is 2.86 bits per heavy atom. The van der Waals surface area contributed by atoms with Gasteiger partial charge in [0.15, 0.2) is 0 Å². The molecular weight excluding hydrogens is 278 g/mol. The lowest BCUT2D eigenvalue weighted by molar-refractivity contribution is -0.114. The fourth-order valence-electron chi connectivity index (χ4n) is 2.45. The second-order valence-electron chi connectivity index (χ2n) is 5.01.